The average Bonchev–Trinajstić information content (AvgIpc) is 2.47. The van der Waals surface area contributed by atoms with E-state index in [-0.39, 0.29) is 12.6 Å². The number of aliphatic hydroxyl groups excluding tert-OH is 1. The molecule has 1 aliphatic rings. The molecular formula is C15H20ClNO3S. The Hall–Kier alpha value is -0.880. The molecule has 1 fully saturated rings. The molecule has 0 radical (unpaired) electrons. The van der Waals surface area contributed by atoms with E-state index in [1.165, 1.54) is 9.71 Å². The van der Waals surface area contributed by atoms with Crippen molar-refractivity contribution in [3.63, 3.8) is 0 Å². The second-order valence-electron chi connectivity index (χ2n) is 5.17. The molecular weight excluding hydrogens is 310 g/mol. The molecule has 1 N–H and O–H groups in total. The molecule has 0 aromatic heterocycles. The molecule has 1 heterocycles. The summed E-state index contributed by atoms with van der Waals surface area (Å²) in [7, 11) is -3.45. The molecule has 1 aromatic rings. The minimum atomic E-state index is -3.45. The number of benzene rings is 1. The second kappa shape index (κ2) is 7.40. The van der Waals surface area contributed by atoms with Crippen LogP contribution in [0.15, 0.2) is 29.7 Å². The smallest absolute Gasteiger partial charge is 0.236 e. The lowest BCUT2D eigenvalue weighted by atomic mass is 10.0. The third-order valence-corrected chi connectivity index (χ3v) is 5.53. The zero-order valence-electron chi connectivity index (χ0n) is 11.8. The van der Waals surface area contributed by atoms with Crippen molar-refractivity contribution in [3.8, 4) is 0 Å². The molecule has 0 bridgehead atoms. The highest BCUT2D eigenvalue weighted by molar-refractivity contribution is 7.92. The summed E-state index contributed by atoms with van der Waals surface area (Å²) in [5.41, 5.74) is 0.790. The minimum absolute atomic E-state index is 0.0115. The monoisotopic (exact) mass is 329 g/mol. The van der Waals surface area contributed by atoms with Crippen molar-refractivity contribution < 1.29 is 13.5 Å². The fraction of sp³-hybridized carbons (Fsp3) is 0.467. The normalized spacial score (nSPS) is 21.0. The molecule has 4 nitrogen and oxygen atoms in total. The van der Waals surface area contributed by atoms with E-state index in [9.17, 15) is 8.42 Å². The van der Waals surface area contributed by atoms with Crippen LogP contribution in [0.5, 0.6) is 0 Å². The summed E-state index contributed by atoms with van der Waals surface area (Å²) >= 11 is 5.80. The molecule has 2 rings (SSSR count). The first-order valence-corrected chi connectivity index (χ1v) is 8.97. The Bertz CT molecular complexity index is 581. The number of halogens is 1. The Kier molecular flexibility index (Phi) is 5.81. The maximum Gasteiger partial charge on any atom is 0.236 e. The van der Waals surface area contributed by atoms with Crippen LogP contribution in [0.3, 0.4) is 0 Å². The van der Waals surface area contributed by atoms with Gasteiger partial charge in [-0.15, -0.1) is 0 Å². The summed E-state index contributed by atoms with van der Waals surface area (Å²) in [4.78, 5) is 0. The first-order chi connectivity index (χ1) is 10.0. The quantitative estimate of drug-likeness (QED) is 0.903. The molecule has 0 saturated carbocycles. The third kappa shape index (κ3) is 4.54. The average molecular weight is 330 g/mol. The van der Waals surface area contributed by atoms with E-state index in [0.717, 1.165) is 24.8 Å². The number of hydrogen-bond donors (Lipinski definition) is 1. The van der Waals surface area contributed by atoms with Crippen LogP contribution in [-0.2, 0) is 10.0 Å². The standard InChI is InChI=1S/C15H20ClNO3S/c16-14-6-4-13(5-7-14)9-12-21(19,20)17-10-2-1-3-15(17)8-11-18/h4-7,9,12,15,18H,1-3,8,10-11H2/b12-9+. The van der Waals surface area contributed by atoms with Crippen LogP contribution in [0.2, 0.25) is 5.02 Å². The van der Waals surface area contributed by atoms with Crippen molar-refractivity contribution in [1.82, 2.24) is 4.31 Å². The number of hydrogen-bond acceptors (Lipinski definition) is 3. The van der Waals surface area contributed by atoms with Crippen molar-refractivity contribution in [2.24, 2.45) is 0 Å². The van der Waals surface area contributed by atoms with Crippen molar-refractivity contribution >= 4 is 27.7 Å². The van der Waals surface area contributed by atoms with Crippen LogP contribution in [0.1, 0.15) is 31.2 Å². The second-order valence-corrected chi connectivity index (χ2v) is 7.38. The van der Waals surface area contributed by atoms with Crippen LogP contribution in [0.4, 0.5) is 0 Å². The number of piperidine rings is 1. The van der Waals surface area contributed by atoms with E-state index in [0.29, 0.717) is 18.0 Å². The van der Waals surface area contributed by atoms with Gasteiger partial charge in [-0.1, -0.05) is 30.2 Å². The molecule has 1 aliphatic heterocycles. The van der Waals surface area contributed by atoms with Crippen molar-refractivity contribution in [2.75, 3.05) is 13.2 Å². The van der Waals surface area contributed by atoms with Gasteiger partial charge in [0, 0.05) is 29.6 Å². The topological polar surface area (TPSA) is 57.6 Å². The maximum absolute atomic E-state index is 12.4. The highest BCUT2D eigenvalue weighted by Gasteiger charge is 2.30. The molecule has 1 aromatic carbocycles. The van der Waals surface area contributed by atoms with Gasteiger partial charge in [0.25, 0.3) is 0 Å². The van der Waals surface area contributed by atoms with Crippen LogP contribution in [-0.4, -0.2) is 37.0 Å². The molecule has 1 saturated heterocycles. The Morgan fingerprint density at radius 3 is 2.67 bits per heavy atom. The predicted molar refractivity (Wildman–Crippen MR) is 85.5 cm³/mol. The van der Waals surface area contributed by atoms with Crippen molar-refractivity contribution in [3.05, 3.63) is 40.3 Å². The van der Waals surface area contributed by atoms with E-state index in [1.54, 1.807) is 30.3 Å². The number of aliphatic hydroxyl groups is 1. The summed E-state index contributed by atoms with van der Waals surface area (Å²) in [6, 6.07) is 6.90. The molecule has 21 heavy (non-hydrogen) atoms. The zero-order chi connectivity index (χ0) is 15.3. The van der Waals surface area contributed by atoms with Gasteiger partial charge in [-0.2, -0.15) is 4.31 Å². The van der Waals surface area contributed by atoms with Crippen molar-refractivity contribution in [1.29, 1.82) is 0 Å². The summed E-state index contributed by atoms with van der Waals surface area (Å²) in [5, 5.41) is 10.9. The molecule has 0 aliphatic carbocycles. The minimum Gasteiger partial charge on any atom is -0.396 e. The largest absolute Gasteiger partial charge is 0.396 e. The number of nitrogens with zero attached hydrogens (tertiary/aromatic N) is 1. The predicted octanol–water partition coefficient (Wildman–Crippen LogP) is 2.88. The number of sulfonamides is 1. The summed E-state index contributed by atoms with van der Waals surface area (Å²) < 4.78 is 26.4. The van der Waals surface area contributed by atoms with Gasteiger partial charge in [0.2, 0.25) is 10.0 Å². The Morgan fingerprint density at radius 2 is 2.00 bits per heavy atom. The van der Waals surface area contributed by atoms with Crippen LogP contribution in [0.25, 0.3) is 6.08 Å². The molecule has 0 spiro atoms. The van der Waals surface area contributed by atoms with E-state index >= 15 is 0 Å². The fourth-order valence-corrected chi connectivity index (χ4v) is 4.18. The van der Waals surface area contributed by atoms with Gasteiger partial charge in [-0.05, 0) is 43.0 Å². The number of rotatable bonds is 5. The Labute approximate surface area is 131 Å². The van der Waals surface area contributed by atoms with E-state index < -0.39 is 10.0 Å². The summed E-state index contributed by atoms with van der Waals surface area (Å²) in [6.07, 6.45) is 4.77. The van der Waals surface area contributed by atoms with Crippen molar-refractivity contribution in [2.45, 2.75) is 31.7 Å². The van der Waals surface area contributed by atoms with E-state index in [4.69, 9.17) is 16.7 Å². The van der Waals surface area contributed by atoms with Gasteiger partial charge >= 0.3 is 0 Å². The molecule has 1 unspecified atom stereocenters. The van der Waals surface area contributed by atoms with Crippen LogP contribution in [0, 0.1) is 0 Å². The summed E-state index contributed by atoms with van der Waals surface area (Å²) in [6.45, 7) is 0.537. The van der Waals surface area contributed by atoms with Gasteiger partial charge in [-0.25, -0.2) is 8.42 Å². The molecule has 6 heteroatoms. The van der Waals surface area contributed by atoms with Crippen LogP contribution >= 0.6 is 11.6 Å². The van der Waals surface area contributed by atoms with Gasteiger partial charge < -0.3 is 5.11 Å². The van der Waals surface area contributed by atoms with Gasteiger partial charge in [0.1, 0.15) is 0 Å². The summed E-state index contributed by atoms with van der Waals surface area (Å²) in [5.74, 6) is 0. The van der Waals surface area contributed by atoms with Gasteiger partial charge in [-0.3, -0.25) is 0 Å². The lowest BCUT2D eigenvalue weighted by Gasteiger charge is -2.33. The third-order valence-electron chi connectivity index (χ3n) is 3.66. The zero-order valence-corrected chi connectivity index (χ0v) is 13.4. The van der Waals surface area contributed by atoms with Crippen LogP contribution < -0.4 is 0 Å². The molecule has 116 valence electrons. The lowest BCUT2D eigenvalue weighted by Crippen LogP contribution is -2.43. The molecule has 0 amide bonds. The van der Waals surface area contributed by atoms with E-state index in [1.807, 2.05) is 0 Å². The van der Waals surface area contributed by atoms with Gasteiger partial charge in [0.05, 0.1) is 0 Å². The first kappa shape index (κ1) is 16.5. The highest BCUT2D eigenvalue weighted by Crippen LogP contribution is 2.24. The SMILES string of the molecule is O=S(=O)(/C=C/c1ccc(Cl)cc1)N1CCCCC1CCO. The first-order valence-electron chi connectivity index (χ1n) is 7.09. The Balaban J connectivity index is 2.14. The maximum atomic E-state index is 12.4. The molecule has 1 atom stereocenters. The highest BCUT2D eigenvalue weighted by atomic mass is 35.5. The Morgan fingerprint density at radius 1 is 1.29 bits per heavy atom. The van der Waals surface area contributed by atoms with E-state index in [2.05, 4.69) is 0 Å². The lowest BCUT2D eigenvalue weighted by molar-refractivity contribution is 0.194. The van der Waals surface area contributed by atoms with Gasteiger partial charge in [0.15, 0.2) is 0 Å². The fourth-order valence-electron chi connectivity index (χ4n) is 2.56.